The average molecular weight is 270 g/mol. The normalized spacial score (nSPS) is 19.1. The number of amides is 1. The predicted octanol–water partition coefficient (Wildman–Crippen LogP) is 3.83. The number of halogens is 2. The maximum Gasteiger partial charge on any atom is 0.251 e. The lowest BCUT2D eigenvalue weighted by molar-refractivity contribution is 0.0942. The number of rotatable bonds is 2. The number of benzene rings is 1. The molecule has 0 spiro atoms. The van der Waals surface area contributed by atoms with E-state index >= 15 is 0 Å². The molecule has 0 saturated carbocycles. The summed E-state index contributed by atoms with van der Waals surface area (Å²) in [6.07, 6.45) is 7.32. The first kappa shape index (κ1) is 12.5. The van der Waals surface area contributed by atoms with E-state index in [1.807, 2.05) is 6.08 Å². The molecule has 0 aliphatic heterocycles. The fraction of sp³-hybridized carbons (Fsp3) is 0.308. The van der Waals surface area contributed by atoms with Gasteiger partial charge in [-0.05, 0) is 37.5 Å². The maximum absolute atomic E-state index is 12.0. The molecule has 0 radical (unpaired) electrons. The first-order valence-electron chi connectivity index (χ1n) is 5.59. The number of carbonyl (C=O) groups is 1. The van der Waals surface area contributed by atoms with E-state index in [1.54, 1.807) is 18.2 Å². The zero-order chi connectivity index (χ0) is 12.3. The van der Waals surface area contributed by atoms with Crippen molar-refractivity contribution < 1.29 is 4.79 Å². The molecule has 0 bridgehead atoms. The van der Waals surface area contributed by atoms with Crippen LogP contribution in [0.15, 0.2) is 30.4 Å². The van der Waals surface area contributed by atoms with Gasteiger partial charge in [0.15, 0.2) is 0 Å². The van der Waals surface area contributed by atoms with Gasteiger partial charge in [-0.3, -0.25) is 4.79 Å². The number of nitrogens with one attached hydrogen (secondary N) is 1. The summed E-state index contributed by atoms with van der Waals surface area (Å²) in [6.45, 7) is 0. The molecular formula is C13H13Cl2NO. The third-order valence-corrected chi connectivity index (χ3v) is 3.13. The number of carbonyl (C=O) groups excluding carboxylic acids is 1. The van der Waals surface area contributed by atoms with Gasteiger partial charge in [0.1, 0.15) is 0 Å². The fourth-order valence-corrected chi connectivity index (χ4v) is 2.40. The van der Waals surface area contributed by atoms with Gasteiger partial charge in [0.2, 0.25) is 0 Å². The molecule has 1 aromatic rings. The van der Waals surface area contributed by atoms with Gasteiger partial charge >= 0.3 is 0 Å². The van der Waals surface area contributed by atoms with Crippen molar-refractivity contribution in [1.29, 1.82) is 0 Å². The number of hydrogen-bond acceptors (Lipinski definition) is 1. The van der Waals surface area contributed by atoms with Crippen LogP contribution in [0.2, 0.25) is 10.0 Å². The van der Waals surface area contributed by atoms with Gasteiger partial charge < -0.3 is 5.32 Å². The summed E-state index contributed by atoms with van der Waals surface area (Å²) < 4.78 is 0. The lowest BCUT2D eigenvalue weighted by Gasteiger charge is -2.18. The second-order valence-corrected chi connectivity index (χ2v) is 4.97. The Bertz CT molecular complexity index is 436. The van der Waals surface area contributed by atoms with Gasteiger partial charge in [-0.25, -0.2) is 0 Å². The summed E-state index contributed by atoms with van der Waals surface area (Å²) in [7, 11) is 0. The summed E-state index contributed by atoms with van der Waals surface area (Å²) in [6, 6.07) is 4.97. The Morgan fingerprint density at radius 1 is 1.24 bits per heavy atom. The third kappa shape index (κ3) is 3.48. The van der Waals surface area contributed by atoms with Gasteiger partial charge in [-0.1, -0.05) is 35.4 Å². The second-order valence-electron chi connectivity index (χ2n) is 4.10. The van der Waals surface area contributed by atoms with Gasteiger partial charge in [0, 0.05) is 21.7 Å². The molecule has 1 aliphatic rings. The van der Waals surface area contributed by atoms with E-state index in [-0.39, 0.29) is 11.9 Å². The molecule has 90 valence electrons. The van der Waals surface area contributed by atoms with Gasteiger partial charge in [-0.2, -0.15) is 0 Å². The molecule has 4 heteroatoms. The minimum atomic E-state index is -0.133. The summed E-state index contributed by atoms with van der Waals surface area (Å²) in [5.41, 5.74) is 0.501. The molecule has 1 aromatic carbocycles. The van der Waals surface area contributed by atoms with E-state index < -0.39 is 0 Å². The van der Waals surface area contributed by atoms with Crippen LogP contribution in [-0.2, 0) is 0 Å². The van der Waals surface area contributed by atoms with Gasteiger partial charge in [-0.15, -0.1) is 0 Å². The van der Waals surface area contributed by atoms with E-state index in [1.165, 1.54) is 0 Å². The Morgan fingerprint density at radius 3 is 2.53 bits per heavy atom. The molecule has 1 N–H and O–H groups in total. The fourth-order valence-electron chi connectivity index (χ4n) is 1.87. The Labute approximate surface area is 111 Å². The van der Waals surface area contributed by atoms with Crippen LogP contribution in [0.1, 0.15) is 29.6 Å². The van der Waals surface area contributed by atoms with E-state index in [2.05, 4.69) is 11.4 Å². The van der Waals surface area contributed by atoms with E-state index in [0.29, 0.717) is 15.6 Å². The van der Waals surface area contributed by atoms with Crippen LogP contribution in [0.4, 0.5) is 0 Å². The van der Waals surface area contributed by atoms with Crippen molar-refractivity contribution in [2.24, 2.45) is 0 Å². The van der Waals surface area contributed by atoms with Gasteiger partial charge in [0.05, 0.1) is 0 Å². The summed E-state index contributed by atoms with van der Waals surface area (Å²) >= 11 is 11.7. The molecule has 0 saturated heterocycles. The zero-order valence-electron chi connectivity index (χ0n) is 9.25. The van der Waals surface area contributed by atoms with Crippen LogP contribution in [0, 0.1) is 0 Å². The number of allylic oxidation sites excluding steroid dienone is 1. The van der Waals surface area contributed by atoms with Crippen LogP contribution in [0.25, 0.3) is 0 Å². The van der Waals surface area contributed by atoms with E-state index in [9.17, 15) is 4.79 Å². The van der Waals surface area contributed by atoms with E-state index in [0.717, 1.165) is 19.3 Å². The lowest BCUT2D eigenvalue weighted by atomic mass is 10.0. The molecule has 1 amide bonds. The highest BCUT2D eigenvalue weighted by Crippen LogP contribution is 2.19. The third-order valence-electron chi connectivity index (χ3n) is 2.70. The average Bonchev–Trinajstić information content (AvgIpc) is 2.29. The monoisotopic (exact) mass is 269 g/mol. The molecule has 1 atom stereocenters. The van der Waals surface area contributed by atoms with Crippen LogP contribution in [0.3, 0.4) is 0 Å². The molecule has 1 unspecified atom stereocenters. The van der Waals surface area contributed by atoms with Crippen molar-refractivity contribution in [3.8, 4) is 0 Å². The van der Waals surface area contributed by atoms with E-state index in [4.69, 9.17) is 23.2 Å². The quantitative estimate of drug-likeness (QED) is 0.813. The molecule has 0 heterocycles. The topological polar surface area (TPSA) is 29.1 Å². The SMILES string of the molecule is O=C(NC1C=CCCC1)c1cc(Cl)cc(Cl)c1. The summed E-state index contributed by atoms with van der Waals surface area (Å²) in [5.74, 6) is -0.133. The van der Waals surface area contributed by atoms with Gasteiger partial charge in [0.25, 0.3) is 5.91 Å². The highest BCUT2D eigenvalue weighted by atomic mass is 35.5. The Kier molecular flexibility index (Phi) is 4.08. The highest BCUT2D eigenvalue weighted by Gasteiger charge is 2.13. The maximum atomic E-state index is 12.0. The molecule has 17 heavy (non-hydrogen) atoms. The van der Waals surface area contributed by atoms with Crippen LogP contribution in [-0.4, -0.2) is 11.9 Å². The van der Waals surface area contributed by atoms with Crippen LogP contribution < -0.4 is 5.32 Å². The van der Waals surface area contributed by atoms with Crippen molar-refractivity contribution >= 4 is 29.1 Å². The minimum Gasteiger partial charge on any atom is -0.346 e. The Hall–Kier alpha value is -0.990. The molecule has 1 aliphatic carbocycles. The van der Waals surface area contributed by atoms with Crippen molar-refractivity contribution in [3.63, 3.8) is 0 Å². The smallest absolute Gasteiger partial charge is 0.251 e. The minimum absolute atomic E-state index is 0.119. The first-order valence-corrected chi connectivity index (χ1v) is 6.34. The predicted molar refractivity (Wildman–Crippen MR) is 70.7 cm³/mol. The Morgan fingerprint density at radius 2 is 1.94 bits per heavy atom. The lowest BCUT2D eigenvalue weighted by Crippen LogP contribution is -2.34. The summed E-state index contributed by atoms with van der Waals surface area (Å²) in [5, 5.41) is 3.89. The summed E-state index contributed by atoms with van der Waals surface area (Å²) in [4.78, 5) is 12.0. The Balaban J connectivity index is 2.08. The van der Waals surface area contributed by atoms with Crippen LogP contribution in [0.5, 0.6) is 0 Å². The first-order chi connectivity index (χ1) is 8.15. The van der Waals surface area contributed by atoms with Crippen molar-refractivity contribution in [2.75, 3.05) is 0 Å². The molecular weight excluding hydrogens is 257 g/mol. The largest absolute Gasteiger partial charge is 0.346 e. The highest BCUT2D eigenvalue weighted by molar-refractivity contribution is 6.35. The van der Waals surface area contributed by atoms with Crippen molar-refractivity contribution in [1.82, 2.24) is 5.32 Å². The van der Waals surface area contributed by atoms with Crippen LogP contribution >= 0.6 is 23.2 Å². The van der Waals surface area contributed by atoms with Crippen molar-refractivity contribution in [3.05, 3.63) is 46.0 Å². The second kappa shape index (κ2) is 5.56. The molecule has 2 rings (SSSR count). The molecule has 0 fully saturated rings. The van der Waals surface area contributed by atoms with Crippen molar-refractivity contribution in [2.45, 2.75) is 25.3 Å². The zero-order valence-corrected chi connectivity index (χ0v) is 10.8. The molecule has 2 nitrogen and oxygen atoms in total. The molecule has 0 aromatic heterocycles. The standard InChI is InChI=1S/C13H13Cl2NO/c14-10-6-9(7-11(15)8-10)13(17)16-12-4-2-1-3-5-12/h2,4,6-8,12H,1,3,5H2,(H,16,17). The number of hydrogen-bond donors (Lipinski definition) is 1.